The topological polar surface area (TPSA) is 69.9 Å². The van der Waals surface area contributed by atoms with E-state index in [1.165, 1.54) is 13.2 Å². The maximum Gasteiger partial charge on any atom is 0.309 e. The number of rotatable bonds is 7. The van der Waals surface area contributed by atoms with Gasteiger partial charge in [0, 0.05) is 24.1 Å². The van der Waals surface area contributed by atoms with Crippen molar-refractivity contribution in [3.63, 3.8) is 0 Å². The highest BCUT2D eigenvalue weighted by molar-refractivity contribution is 5.97. The summed E-state index contributed by atoms with van der Waals surface area (Å²) in [6, 6.07) is 17.8. The first-order valence-corrected chi connectivity index (χ1v) is 11.5. The van der Waals surface area contributed by atoms with Crippen molar-refractivity contribution in [2.24, 2.45) is 5.92 Å². The average Bonchev–Trinajstić information content (AvgIpc) is 3.40. The number of methoxy groups -OCH3 is 1. The van der Waals surface area contributed by atoms with E-state index in [9.17, 15) is 14.0 Å². The number of fused-ring (bicyclic) bond motifs is 2. The second-order valence-corrected chi connectivity index (χ2v) is 8.76. The first-order valence-electron chi connectivity index (χ1n) is 11.5. The zero-order chi connectivity index (χ0) is 24.5. The number of benzene rings is 2. The molecule has 4 aromatic rings. The van der Waals surface area contributed by atoms with E-state index >= 15 is 0 Å². The van der Waals surface area contributed by atoms with Crippen LogP contribution in [-0.2, 0) is 22.6 Å². The van der Waals surface area contributed by atoms with Gasteiger partial charge in [-0.25, -0.2) is 9.37 Å². The Labute approximate surface area is 202 Å². The quantitative estimate of drug-likeness (QED) is 0.278. The lowest BCUT2D eigenvalue weighted by atomic mass is 9.87. The highest BCUT2D eigenvalue weighted by atomic mass is 19.1. The smallest absolute Gasteiger partial charge is 0.309 e. The molecule has 0 radical (unpaired) electrons. The van der Waals surface area contributed by atoms with Crippen molar-refractivity contribution in [1.82, 2.24) is 9.38 Å². The summed E-state index contributed by atoms with van der Waals surface area (Å²) in [5.74, 6) is -0.977. The molecule has 0 unspecified atom stereocenters. The fourth-order valence-corrected chi connectivity index (χ4v) is 5.00. The SMILES string of the molecule is COC(=O)[C@@H]1Cc2ccccc2[C@H]1CC(=O)c1c(C)nc2c(OCc3ccccc3F)cccn12. The molecular formula is C28H25FN2O4. The molecular weight excluding hydrogens is 447 g/mol. The van der Waals surface area contributed by atoms with E-state index in [0.717, 1.165) is 11.1 Å². The highest BCUT2D eigenvalue weighted by Crippen LogP contribution is 2.41. The van der Waals surface area contributed by atoms with E-state index in [-0.39, 0.29) is 36.5 Å². The minimum atomic E-state index is -0.402. The number of pyridine rings is 1. The van der Waals surface area contributed by atoms with E-state index in [1.54, 1.807) is 47.9 Å². The molecule has 0 bridgehead atoms. The van der Waals surface area contributed by atoms with Gasteiger partial charge in [-0.05, 0) is 42.7 Å². The molecule has 0 saturated carbocycles. The monoisotopic (exact) mass is 472 g/mol. The lowest BCUT2D eigenvalue weighted by molar-refractivity contribution is -0.145. The summed E-state index contributed by atoms with van der Waals surface area (Å²) in [4.78, 5) is 30.7. The van der Waals surface area contributed by atoms with Crippen LogP contribution in [0.2, 0.25) is 0 Å². The van der Waals surface area contributed by atoms with Crippen LogP contribution in [0.4, 0.5) is 4.39 Å². The van der Waals surface area contributed by atoms with Crippen LogP contribution >= 0.6 is 0 Å². The van der Waals surface area contributed by atoms with Crippen LogP contribution in [0.15, 0.2) is 66.9 Å². The van der Waals surface area contributed by atoms with Crippen molar-refractivity contribution in [3.8, 4) is 5.75 Å². The number of ether oxygens (including phenoxy) is 2. The maximum atomic E-state index is 14.0. The molecule has 2 heterocycles. The van der Waals surface area contributed by atoms with Crippen LogP contribution in [0.3, 0.4) is 0 Å². The number of carbonyl (C=O) groups excluding carboxylic acids is 2. The fraction of sp³-hybridized carbons (Fsp3) is 0.250. The molecule has 5 rings (SSSR count). The van der Waals surface area contributed by atoms with Crippen LogP contribution in [0, 0.1) is 18.7 Å². The Morgan fingerprint density at radius 3 is 2.66 bits per heavy atom. The Morgan fingerprint density at radius 2 is 1.86 bits per heavy atom. The lowest BCUT2D eigenvalue weighted by Crippen LogP contribution is -2.23. The van der Waals surface area contributed by atoms with Crippen molar-refractivity contribution in [2.45, 2.75) is 32.3 Å². The number of halogens is 1. The number of esters is 1. The van der Waals surface area contributed by atoms with E-state index in [0.29, 0.717) is 34.8 Å². The Morgan fingerprint density at radius 1 is 1.09 bits per heavy atom. The molecule has 0 spiro atoms. The number of hydrogen-bond donors (Lipinski definition) is 0. The van der Waals surface area contributed by atoms with E-state index in [1.807, 2.05) is 24.3 Å². The molecule has 2 atom stereocenters. The van der Waals surface area contributed by atoms with Crippen molar-refractivity contribution < 1.29 is 23.5 Å². The molecule has 2 aromatic carbocycles. The molecule has 7 heteroatoms. The molecule has 1 aliphatic carbocycles. The summed E-state index contributed by atoms with van der Waals surface area (Å²) in [6.45, 7) is 1.82. The van der Waals surface area contributed by atoms with Crippen LogP contribution in [0.1, 0.15) is 45.2 Å². The van der Waals surface area contributed by atoms with Crippen LogP contribution < -0.4 is 4.74 Å². The van der Waals surface area contributed by atoms with Gasteiger partial charge in [-0.2, -0.15) is 0 Å². The van der Waals surface area contributed by atoms with Crippen LogP contribution in [-0.4, -0.2) is 28.2 Å². The highest BCUT2D eigenvalue weighted by Gasteiger charge is 2.39. The normalized spacial score (nSPS) is 16.8. The van der Waals surface area contributed by atoms with Crippen LogP contribution in [0.5, 0.6) is 5.75 Å². The van der Waals surface area contributed by atoms with Gasteiger partial charge in [-0.1, -0.05) is 42.5 Å². The number of Topliss-reactive ketones (excluding diaryl/α,β-unsaturated/α-hetero) is 1. The van der Waals surface area contributed by atoms with Crippen LogP contribution in [0.25, 0.3) is 5.65 Å². The van der Waals surface area contributed by atoms with Crippen molar-refractivity contribution in [1.29, 1.82) is 0 Å². The largest absolute Gasteiger partial charge is 0.485 e. The summed E-state index contributed by atoms with van der Waals surface area (Å²) >= 11 is 0. The molecule has 0 amide bonds. The Balaban J connectivity index is 1.44. The number of hydrogen-bond acceptors (Lipinski definition) is 5. The number of aryl methyl sites for hydroxylation is 1. The van der Waals surface area contributed by atoms with Gasteiger partial charge in [-0.15, -0.1) is 0 Å². The van der Waals surface area contributed by atoms with Crippen molar-refractivity contribution in [2.75, 3.05) is 7.11 Å². The first kappa shape index (κ1) is 22.8. The second-order valence-electron chi connectivity index (χ2n) is 8.76. The van der Waals surface area contributed by atoms with E-state index < -0.39 is 5.92 Å². The summed E-state index contributed by atoms with van der Waals surface area (Å²) in [5.41, 5.74) is 4.02. The van der Waals surface area contributed by atoms with Gasteiger partial charge in [0.15, 0.2) is 17.2 Å². The van der Waals surface area contributed by atoms with Gasteiger partial charge in [0.25, 0.3) is 0 Å². The molecule has 6 nitrogen and oxygen atoms in total. The lowest BCUT2D eigenvalue weighted by Gasteiger charge is -2.18. The molecule has 0 N–H and O–H groups in total. The molecule has 0 aliphatic heterocycles. The fourth-order valence-electron chi connectivity index (χ4n) is 5.00. The number of nitrogens with zero attached hydrogens (tertiary/aromatic N) is 2. The van der Waals surface area contributed by atoms with Gasteiger partial charge < -0.3 is 9.47 Å². The summed E-state index contributed by atoms with van der Waals surface area (Å²) < 4.78 is 26.6. The minimum absolute atomic E-state index is 0.0429. The Kier molecular flexibility index (Phi) is 6.07. The van der Waals surface area contributed by atoms with Gasteiger partial charge in [0.1, 0.15) is 18.1 Å². The number of carbonyl (C=O) groups is 2. The third-order valence-electron chi connectivity index (χ3n) is 6.68. The number of imidazole rings is 1. The van der Waals surface area contributed by atoms with Gasteiger partial charge in [0.2, 0.25) is 0 Å². The second kappa shape index (κ2) is 9.33. The molecule has 2 aromatic heterocycles. The average molecular weight is 473 g/mol. The molecule has 35 heavy (non-hydrogen) atoms. The Hall–Kier alpha value is -4.00. The molecule has 1 aliphatic rings. The van der Waals surface area contributed by atoms with Crippen molar-refractivity contribution in [3.05, 3.63) is 101 Å². The first-order chi connectivity index (χ1) is 17.0. The number of aromatic nitrogens is 2. The summed E-state index contributed by atoms with van der Waals surface area (Å²) in [5, 5.41) is 0. The Bertz CT molecular complexity index is 1430. The van der Waals surface area contributed by atoms with Gasteiger partial charge >= 0.3 is 5.97 Å². The third kappa shape index (κ3) is 4.18. The predicted octanol–water partition coefficient (Wildman–Crippen LogP) is 5.06. The van der Waals surface area contributed by atoms with E-state index in [2.05, 4.69) is 4.98 Å². The summed E-state index contributed by atoms with van der Waals surface area (Å²) in [7, 11) is 1.38. The maximum absolute atomic E-state index is 14.0. The third-order valence-corrected chi connectivity index (χ3v) is 6.68. The predicted molar refractivity (Wildman–Crippen MR) is 128 cm³/mol. The zero-order valence-electron chi connectivity index (χ0n) is 19.5. The van der Waals surface area contributed by atoms with Gasteiger partial charge in [0.05, 0.1) is 18.7 Å². The minimum Gasteiger partial charge on any atom is -0.485 e. The molecule has 0 saturated heterocycles. The standard InChI is InChI=1S/C28H25FN2O4/c1-17-26(24(32)15-21-20-10-5-3-8-18(20)14-22(21)28(33)34-2)31-13-7-12-25(27(31)30-17)35-16-19-9-4-6-11-23(19)29/h3-13,21-22H,14-16H2,1-2H3/t21-,22-/m1/s1. The van der Waals surface area contributed by atoms with E-state index in [4.69, 9.17) is 9.47 Å². The number of ketones is 1. The van der Waals surface area contributed by atoms with Gasteiger partial charge in [-0.3, -0.25) is 14.0 Å². The summed E-state index contributed by atoms with van der Waals surface area (Å²) in [6.07, 6.45) is 2.48. The zero-order valence-corrected chi connectivity index (χ0v) is 19.5. The molecule has 178 valence electrons. The van der Waals surface area contributed by atoms with Crippen molar-refractivity contribution >= 4 is 17.4 Å². The molecule has 0 fully saturated rings.